The van der Waals surface area contributed by atoms with E-state index in [9.17, 15) is 4.79 Å². The number of carbonyl (C=O) groups excluding carboxylic acids is 1. The molecule has 0 saturated carbocycles. The molecule has 1 heterocycles. The van der Waals surface area contributed by atoms with Crippen LogP contribution in [-0.2, 0) is 31.2 Å². The molecule has 16 heavy (non-hydrogen) atoms. The fourth-order valence-corrected chi connectivity index (χ4v) is 1.92. The molecule has 0 fully saturated rings. The fourth-order valence-electron chi connectivity index (χ4n) is 1.83. The zero-order chi connectivity index (χ0) is 12.1. The number of nitrogens with zero attached hydrogens (tertiary/aromatic N) is 2. The largest absolute Gasteiger partial charge is 0.351 e. The van der Waals surface area contributed by atoms with Gasteiger partial charge in [-0.3, -0.25) is 9.48 Å². The summed E-state index contributed by atoms with van der Waals surface area (Å²) in [4.78, 5) is 11.1. The number of hydrogen-bond donors (Lipinski definition) is 1. The minimum Gasteiger partial charge on any atom is -0.351 e. The number of aromatic nitrogens is 2. The van der Waals surface area contributed by atoms with Gasteiger partial charge in [-0.25, -0.2) is 0 Å². The quantitative estimate of drug-likeness (QED) is 0.795. The number of nitrogens with one attached hydrogen (secondary N) is 1. The fraction of sp³-hybridized carbons (Fsp3) is 0.636. The van der Waals surface area contributed by atoms with Crippen molar-refractivity contribution < 1.29 is 4.79 Å². The van der Waals surface area contributed by atoms with Crippen LogP contribution < -0.4 is 5.32 Å². The molecule has 0 unspecified atom stereocenters. The third-order valence-electron chi connectivity index (χ3n) is 2.61. The number of amides is 1. The molecular formula is C11H18ClN3O. The lowest BCUT2D eigenvalue weighted by atomic mass is 10.1. The average Bonchev–Trinajstić information content (AvgIpc) is 2.61. The number of alkyl halides is 1. The smallest absolute Gasteiger partial charge is 0.235 e. The van der Waals surface area contributed by atoms with Crippen LogP contribution in [0.25, 0.3) is 0 Å². The topological polar surface area (TPSA) is 46.9 Å². The minimum absolute atomic E-state index is 0.00315. The molecule has 1 rings (SSSR count). The van der Waals surface area contributed by atoms with Gasteiger partial charge in [0.1, 0.15) is 5.88 Å². The molecule has 5 heteroatoms. The highest BCUT2D eigenvalue weighted by Crippen LogP contribution is 2.14. The van der Waals surface area contributed by atoms with Gasteiger partial charge < -0.3 is 5.32 Å². The summed E-state index contributed by atoms with van der Waals surface area (Å²) in [6.45, 7) is 4.67. The van der Waals surface area contributed by atoms with Gasteiger partial charge in [0.25, 0.3) is 0 Å². The summed E-state index contributed by atoms with van der Waals surface area (Å²) >= 11 is 5.44. The molecule has 4 nitrogen and oxygen atoms in total. The van der Waals surface area contributed by atoms with E-state index in [0.717, 1.165) is 24.1 Å². The van der Waals surface area contributed by atoms with Gasteiger partial charge in [-0.2, -0.15) is 5.10 Å². The molecule has 0 aliphatic rings. The van der Waals surface area contributed by atoms with Crippen molar-refractivity contribution in [2.45, 2.75) is 33.2 Å². The minimum atomic E-state index is -0.144. The van der Waals surface area contributed by atoms with Crippen LogP contribution in [0.15, 0.2) is 0 Å². The maximum absolute atomic E-state index is 11.1. The van der Waals surface area contributed by atoms with Crippen LogP contribution in [0.3, 0.4) is 0 Å². The molecule has 1 amide bonds. The van der Waals surface area contributed by atoms with Crippen molar-refractivity contribution in [2.24, 2.45) is 7.05 Å². The van der Waals surface area contributed by atoms with Crippen molar-refractivity contribution in [1.29, 1.82) is 0 Å². The van der Waals surface area contributed by atoms with Crippen LogP contribution in [0.1, 0.15) is 30.8 Å². The van der Waals surface area contributed by atoms with Crippen LogP contribution >= 0.6 is 11.6 Å². The second-order valence-corrected chi connectivity index (χ2v) is 3.88. The zero-order valence-corrected chi connectivity index (χ0v) is 10.8. The SMILES string of the molecule is CCc1nn(C)c(CC)c1CNC(=O)CCl. The standard InChI is InChI=1S/C11H18ClN3O/c1-4-9-8(7-13-11(16)6-12)10(5-2)15(3)14-9/h4-7H2,1-3H3,(H,13,16). The molecular weight excluding hydrogens is 226 g/mol. The van der Waals surface area contributed by atoms with Crippen LogP contribution in [0.5, 0.6) is 0 Å². The van der Waals surface area contributed by atoms with E-state index in [0.29, 0.717) is 6.54 Å². The first-order chi connectivity index (χ1) is 7.63. The van der Waals surface area contributed by atoms with E-state index in [2.05, 4.69) is 24.3 Å². The molecule has 0 aliphatic carbocycles. The third-order valence-corrected chi connectivity index (χ3v) is 2.85. The Morgan fingerprint density at radius 1 is 1.44 bits per heavy atom. The van der Waals surface area contributed by atoms with E-state index in [1.54, 1.807) is 0 Å². The zero-order valence-electron chi connectivity index (χ0n) is 10.0. The average molecular weight is 244 g/mol. The highest BCUT2D eigenvalue weighted by atomic mass is 35.5. The maximum Gasteiger partial charge on any atom is 0.235 e. The Morgan fingerprint density at radius 3 is 2.62 bits per heavy atom. The summed E-state index contributed by atoms with van der Waals surface area (Å²) in [5, 5.41) is 7.22. The van der Waals surface area contributed by atoms with Gasteiger partial charge in [-0.15, -0.1) is 11.6 Å². The molecule has 0 aliphatic heterocycles. The van der Waals surface area contributed by atoms with Gasteiger partial charge in [0.05, 0.1) is 5.69 Å². The first-order valence-corrected chi connectivity index (χ1v) is 6.03. The summed E-state index contributed by atoms with van der Waals surface area (Å²) in [5.74, 6) is -0.141. The van der Waals surface area contributed by atoms with E-state index in [-0.39, 0.29) is 11.8 Å². The van der Waals surface area contributed by atoms with Gasteiger partial charge in [-0.05, 0) is 12.8 Å². The lowest BCUT2D eigenvalue weighted by Crippen LogP contribution is -2.24. The highest BCUT2D eigenvalue weighted by molar-refractivity contribution is 6.27. The Bertz CT molecular complexity index is 374. The highest BCUT2D eigenvalue weighted by Gasteiger charge is 2.13. The third kappa shape index (κ3) is 2.76. The monoisotopic (exact) mass is 243 g/mol. The summed E-state index contributed by atoms with van der Waals surface area (Å²) in [5.41, 5.74) is 3.35. The number of carbonyl (C=O) groups is 1. The van der Waals surface area contributed by atoms with Crippen molar-refractivity contribution in [3.8, 4) is 0 Å². The molecule has 1 aromatic rings. The Kier molecular flexibility index (Phi) is 4.80. The summed E-state index contributed by atoms with van der Waals surface area (Å²) < 4.78 is 1.89. The van der Waals surface area contributed by atoms with Gasteiger partial charge in [0, 0.05) is 24.8 Å². The molecule has 0 spiro atoms. The van der Waals surface area contributed by atoms with E-state index in [1.807, 2.05) is 11.7 Å². The molecule has 0 bridgehead atoms. The van der Waals surface area contributed by atoms with Gasteiger partial charge in [0.15, 0.2) is 0 Å². The Labute approximate surface area is 101 Å². The molecule has 1 N–H and O–H groups in total. The molecule has 0 aromatic carbocycles. The Morgan fingerprint density at radius 2 is 2.12 bits per heavy atom. The van der Waals surface area contributed by atoms with Crippen molar-refractivity contribution in [3.63, 3.8) is 0 Å². The van der Waals surface area contributed by atoms with E-state index in [4.69, 9.17) is 11.6 Å². The first kappa shape index (κ1) is 13.0. The lowest BCUT2D eigenvalue weighted by molar-refractivity contribution is -0.118. The summed E-state index contributed by atoms with van der Waals surface area (Å²) in [6, 6.07) is 0. The Hall–Kier alpha value is -1.03. The van der Waals surface area contributed by atoms with Crippen LogP contribution in [0, 0.1) is 0 Å². The van der Waals surface area contributed by atoms with Crippen molar-refractivity contribution in [1.82, 2.24) is 15.1 Å². The van der Waals surface area contributed by atoms with Crippen molar-refractivity contribution in [3.05, 3.63) is 17.0 Å². The number of hydrogen-bond acceptors (Lipinski definition) is 2. The molecule has 0 atom stereocenters. The number of aryl methyl sites for hydroxylation is 2. The van der Waals surface area contributed by atoms with Crippen molar-refractivity contribution in [2.75, 3.05) is 5.88 Å². The molecule has 90 valence electrons. The summed E-state index contributed by atoms with van der Waals surface area (Å²) in [7, 11) is 1.94. The summed E-state index contributed by atoms with van der Waals surface area (Å²) in [6.07, 6.45) is 1.79. The number of rotatable bonds is 5. The lowest BCUT2D eigenvalue weighted by Gasteiger charge is -2.06. The maximum atomic E-state index is 11.1. The molecule has 1 aromatic heterocycles. The predicted molar refractivity (Wildman–Crippen MR) is 64.5 cm³/mol. The first-order valence-electron chi connectivity index (χ1n) is 5.50. The number of halogens is 1. The predicted octanol–water partition coefficient (Wildman–Crippen LogP) is 1.40. The van der Waals surface area contributed by atoms with E-state index < -0.39 is 0 Å². The second-order valence-electron chi connectivity index (χ2n) is 3.61. The van der Waals surface area contributed by atoms with Crippen molar-refractivity contribution >= 4 is 17.5 Å². The second kappa shape index (κ2) is 5.89. The van der Waals surface area contributed by atoms with E-state index in [1.165, 1.54) is 5.69 Å². The van der Waals surface area contributed by atoms with Gasteiger partial charge in [0.2, 0.25) is 5.91 Å². The molecule has 0 saturated heterocycles. The molecule has 0 radical (unpaired) electrons. The van der Waals surface area contributed by atoms with E-state index >= 15 is 0 Å². The van der Waals surface area contributed by atoms with Gasteiger partial charge in [-0.1, -0.05) is 13.8 Å². The van der Waals surface area contributed by atoms with Crippen LogP contribution in [0.4, 0.5) is 0 Å². The van der Waals surface area contributed by atoms with Gasteiger partial charge >= 0.3 is 0 Å². The van der Waals surface area contributed by atoms with Crippen LogP contribution in [-0.4, -0.2) is 21.6 Å². The Balaban J connectivity index is 2.87. The van der Waals surface area contributed by atoms with Crippen LogP contribution in [0.2, 0.25) is 0 Å². The normalized spacial score (nSPS) is 10.5.